The zero-order valence-corrected chi connectivity index (χ0v) is 12.6. The van der Waals surface area contributed by atoms with Crippen LogP contribution in [0.1, 0.15) is 27.7 Å². The van der Waals surface area contributed by atoms with Crippen LogP contribution >= 0.6 is 11.6 Å². The van der Waals surface area contributed by atoms with Gasteiger partial charge in [-0.1, -0.05) is 63.6 Å². The van der Waals surface area contributed by atoms with Gasteiger partial charge in [0.1, 0.15) is 0 Å². The van der Waals surface area contributed by atoms with Crippen molar-refractivity contribution in [1.82, 2.24) is 10.2 Å². The highest BCUT2D eigenvalue weighted by atomic mass is 35.5. The Labute approximate surface area is 119 Å². The molecule has 1 N–H and O–H groups in total. The standard InChI is InChI=1S/C15H20ClN3/c1-10(15(2,3)4)9-17-14-12-8-6-5-7-11(12)13(16)18-19-14/h5-8,10H,9H2,1-4H3,(H,17,19). The third kappa shape index (κ3) is 3.16. The van der Waals surface area contributed by atoms with Crippen LogP contribution in [0, 0.1) is 11.3 Å². The molecule has 0 saturated heterocycles. The normalized spacial score (nSPS) is 13.5. The maximum absolute atomic E-state index is 6.06. The van der Waals surface area contributed by atoms with Crippen molar-refractivity contribution in [3.63, 3.8) is 0 Å². The SMILES string of the molecule is CC(CNc1nnc(Cl)c2ccccc12)C(C)(C)C. The molecule has 0 saturated carbocycles. The molecule has 0 aliphatic rings. The molecule has 102 valence electrons. The van der Waals surface area contributed by atoms with Crippen molar-refractivity contribution in [2.75, 3.05) is 11.9 Å². The first-order chi connectivity index (χ1) is 8.89. The summed E-state index contributed by atoms with van der Waals surface area (Å²) in [6.07, 6.45) is 0. The van der Waals surface area contributed by atoms with E-state index >= 15 is 0 Å². The zero-order valence-electron chi connectivity index (χ0n) is 11.9. The van der Waals surface area contributed by atoms with Crippen LogP contribution in [0.5, 0.6) is 0 Å². The molecule has 2 rings (SSSR count). The molecule has 0 spiro atoms. The maximum Gasteiger partial charge on any atom is 0.159 e. The fourth-order valence-electron chi connectivity index (χ4n) is 1.76. The van der Waals surface area contributed by atoms with Gasteiger partial charge in [0.15, 0.2) is 11.0 Å². The Kier molecular flexibility index (Phi) is 3.95. The predicted octanol–water partition coefficient (Wildman–Crippen LogP) is 4.38. The van der Waals surface area contributed by atoms with Gasteiger partial charge in [-0.15, -0.1) is 10.2 Å². The molecule has 4 heteroatoms. The van der Waals surface area contributed by atoms with E-state index in [1.165, 1.54) is 0 Å². The van der Waals surface area contributed by atoms with Crippen molar-refractivity contribution in [2.45, 2.75) is 27.7 Å². The van der Waals surface area contributed by atoms with Crippen LogP contribution < -0.4 is 5.32 Å². The van der Waals surface area contributed by atoms with Crippen LogP contribution in [0.4, 0.5) is 5.82 Å². The van der Waals surface area contributed by atoms with E-state index in [1.807, 2.05) is 24.3 Å². The Morgan fingerprint density at radius 3 is 2.42 bits per heavy atom. The number of aromatic nitrogens is 2. The molecule has 1 aromatic carbocycles. The molecule has 2 aromatic rings. The highest BCUT2D eigenvalue weighted by Crippen LogP contribution is 2.28. The summed E-state index contributed by atoms with van der Waals surface area (Å²) in [5.74, 6) is 1.33. The molecule has 19 heavy (non-hydrogen) atoms. The molecule has 3 nitrogen and oxygen atoms in total. The average Bonchev–Trinajstić information content (AvgIpc) is 2.37. The number of benzene rings is 1. The highest BCUT2D eigenvalue weighted by molar-refractivity contribution is 6.34. The first-order valence-corrected chi connectivity index (χ1v) is 6.92. The molecular formula is C15H20ClN3. The Hall–Kier alpha value is -1.35. The third-order valence-corrected chi connectivity index (χ3v) is 3.98. The molecule has 0 amide bonds. The van der Waals surface area contributed by atoms with Gasteiger partial charge < -0.3 is 5.32 Å². The minimum absolute atomic E-state index is 0.267. The molecule has 0 fully saturated rings. The smallest absolute Gasteiger partial charge is 0.159 e. The number of anilines is 1. The van der Waals surface area contributed by atoms with Crippen molar-refractivity contribution in [1.29, 1.82) is 0 Å². The average molecular weight is 278 g/mol. The van der Waals surface area contributed by atoms with Gasteiger partial charge in [0.2, 0.25) is 0 Å². The topological polar surface area (TPSA) is 37.8 Å². The van der Waals surface area contributed by atoms with Crippen molar-refractivity contribution in [2.24, 2.45) is 11.3 Å². The number of hydrogen-bond donors (Lipinski definition) is 1. The lowest BCUT2D eigenvalue weighted by Crippen LogP contribution is -2.25. The summed E-state index contributed by atoms with van der Waals surface area (Å²) in [4.78, 5) is 0. The van der Waals surface area contributed by atoms with Crippen LogP contribution in [0.3, 0.4) is 0 Å². The number of nitrogens with zero attached hydrogens (tertiary/aromatic N) is 2. The number of rotatable bonds is 3. The minimum Gasteiger partial charge on any atom is -0.368 e. The summed E-state index contributed by atoms with van der Waals surface area (Å²) >= 11 is 6.06. The van der Waals surface area contributed by atoms with E-state index < -0.39 is 0 Å². The second-order valence-corrected chi connectivity index (χ2v) is 6.39. The summed E-state index contributed by atoms with van der Waals surface area (Å²) in [6, 6.07) is 7.92. The van der Waals surface area contributed by atoms with E-state index in [0.717, 1.165) is 23.1 Å². The number of hydrogen-bond acceptors (Lipinski definition) is 3. The lowest BCUT2D eigenvalue weighted by atomic mass is 9.82. The summed E-state index contributed by atoms with van der Waals surface area (Å²) in [6.45, 7) is 9.82. The number of halogens is 1. The molecule has 0 aliphatic heterocycles. The summed E-state index contributed by atoms with van der Waals surface area (Å²) in [7, 11) is 0. The lowest BCUT2D eigenvalue weighted by molar-refractivity contribution is 0.274. The van der Waals surface area contributed by atoms with Crippen LogP contribution in [0.25, 0.3) is 10.8 Å². The fraction of sp³-hybridized carbons (Fsp3) is 0.467. The molecule has 1 aromatic heterocycles. The first-order valence-electron chi connectivity index (χ1n) is 6.54. The third-order valence-electron chi connectivity index (χ3n) is 3.70. The van der Waals surface area contributed by atoms with Crippen molar-refractivity contribution in [3.8, 4) is 0 Å². The van der Waals surface area contributed by atoms with E-state index in [2.05, 4.69) is 43.2 Å². The van der Waals surface area contributed by atoms with Gasteiger partial charge in [0.25, 0.3) is 0 Å². The van der Waals surface area contributed by atoms with Crippen LogP contribution in [-0.2, 0) is 0 Å². The first kappa shape index (κ1) is 14.1. The van der Waals surface area contributed by atoms with Crippen molar-refractivity contribution >= 4 is 28.2 Å². The molecule has 0 bridgehead atoms. The molecule has 1 unspecified atom stereocenters. The molecule has 1 atom stereocenters. The van der Waals surface area contributed by atoms with Gasteiger partial charge in [-0.25, -0.2) is 0 Å². The maximum atomic E-state index is 6.06. The largest absolute Gasteiger partial charge is 0.368 e. The van der Waals surface area contributed by atoms with Gasteiger partial charge in [-0.2, -0.15) is 0 Å². The van der Waals surface area contributed by atoms with Gasteiger partial charge in [-0.3, -0.25) is 0 Å². The Bertz CT molecular complexity index is 575. The molecule has 0 aliphatic carbocycles. The predicted molar refractivity (Wildman–Crippen MR) is 81.7 cm³/mol. The van der Waals surface area contributed by atoms with Crippen molar-refractivity contribution in [3.05, 3.63) is 29.4 Å². The lowest BCUT2D eigenvalue weighted by Gasteiger charge is -2.27. The summed E-state index contributed by atoms with van der Waals surface area (Å²) < 4.78 is 0. The van der Waals surface area contributed by atoms with Gasteiger partial charge in [0.05, 0.1) is 0 Å². The van der Waals surface area contributed by atoms with Gasteiger partial charge >= 0.3 is 0 Å². The van der Waals surface area contributed by atoms with Gasteiger partial charge in [0, 0.05) is 17.3 Å². The van der Waals surface area contributed by atoms with Crippen molar-refractivity contribution < 1.29 is 0 Å². The van der Waals surface area contributed by atoms with E-state index in [0.29, 0.717) is 11.1 Å². The number of nitrogens with one attached hydrogen (secondary N) is 1. The van der Waals surface area contributed by atoms with E-state index in [-0.39, 0.29) is 5.41 Å². The monoisotopic (exact) mass is 277 g/mol. The Balaban J connectivity index is 2.25. The molecule has 0 radical (unpaired) electrons. The quantitative estimate of drug-likeness (QED) is 0.905. The van der Waals surface area contributed by atoms with Gasteiger partial charge in [-0.05, 0) is 11.3 Å². The zero-order chi connectivity index (χ0) is 14.0. The Morgan fingerprint density at radius 2 is 1.79 bits per heavy atom. The minimum atomic E-state index is 0.267. The van der Waals surface area contributed by atoms with Crippen LogP contribution in [-0.4, -0.2) is 16.7 Å². The van der Waals surface area contributed by atoms with E-state index in [1.54, 1.807) is 0 Å². The van der Waals surface area contributed by atoms with Crippen LogP contribution in [0.15, 0.2) is 24.3 Å². The molecular weight excluding hydrogens is 258 g/mol. The highest BCUT2D eigenvalue weighted by Gasteiger charge is 2.20. The fourth-order valence-corrected chi connectivity index (χ4v) is 1.96. The van der Waals surface area contributed by atoms with E-state index in [4.69, 9.17) is 11.6 Å². The Morgan fingerprint density at radius 1 is 1.16 bits per heavy atom. The van der Waals surface area contributed by atoms with E-state index in [9.17, 15) is 0 Å². The van der Waals surface area contributed by atoms with Crippen LogP contribution in [0.2, 0.25) is 5.15 Å². The number of fused-ring (bicyclic) bond motifs is 1. The summed E-state index contributed by atoms with van der Waals surface area (Å²) in [5, 5.41) is 14.0. The second-order valence-electron chi connectivity index (χ2n) is 6.03. The molecule has 1 heterocycles. The second kappa shape index (κ2) is 5.33. The summed E-state index contributed by atoms with van der Waals surface area (Å²) in [5.41, 5.74) is 0.267.